The molecule has 0 fully saturated rings. The SMILES string of the molecule is COC(=O)C1=C(Nc2cc(OC(F)(F)F)ccc2F)C(=O)N(CCO)C1. The summed E-state index contributed by atoms with van der Waals surface area (Å²) in [4.78, 5) is 25.2. The van der Waals surface area contributed by atoms with E-state index >= 15 is 0 Å². The van der Waals surface area contributed by atoms with Crippen molar-refractivity contribution in [3.8, 4) is 5.75 Å². The van der Waals surface area contributed by atoms with Gasteiger partial charge >= 0.3 is 12.3 Å². The van der Waals surface area contributed by atoms with Gasteiger partial charge < -0.3 is 24.8 Å². The molecule has 0 saturated heterocycles. The molecule has 0 radical (unpaired) electrons. The Balaban J connectivity index is 2.35. The summed E-state index contributed by atoms with van der Waals surface area (Å²) in [5.41, 5.74) is -0.997. The summed E-state index contributed by atoms with van der Waals surface area (Å²) in [6, 6.07) is 2.18. The van der Waals surface area contributed by atoms with Crippen molar-refractivity contribution in [1.29, 1.82) is 0 Å². The van der Waals surface area contributed by atoms with Gasteiger partial charge in [-0.3, -0.25) is 4.79 Å². The van der Waals surface area contributed by atoms with E-state index in [1.54, 1.807) is 0 Å². The smallest absolute Gasteiger partial charge is 0.466 e. The number of hydrogen-bond acceptors (Lipinski definition) is 6. The molecular formula is C15H14F4N2O5. The number of β-amino-alcohol motifs (C(OH)–C–C–N with tert-alkyl or cyclic N) is 1. The molecule has 11 heteroatoms. The van der Waals surface area contributed by atoms with Crippen LogP contribution < -0.4 is 10.1 Å². The lowest BCUT2D eigenvalue weighted by molar-refractivity contribution is -0.274. The molecule has 0 spiro atoms. The summed E-state index contributed by atoms with van der Waals surface area (Å²) in [5.74, 6) is -3.28. The van der Waals surface area contributed by atoms with Gasteiger partial charge in [0.15, 0.2) is 0 Å². The normalized spacial score (nSPS) is 14.7. The molecule has 0 aliphatic carbocycles. The van der Waals surface area contributed by atoms with Crippen LogP contribution in [0, 0.1) is 5.82 Å². The van der Waals surface area contributed by atoms with Crippen LogP contribution in [0.4, 0.5) is 23.2 Å². The molecule has 1 aliphatic heterocycles. The first-order chi connectivity index (χ1) is 12.2. The predicted molar refractivity (Wildman–Crippen MR) is 79.4 cm³/mol. The summed E-state index contributed by atoms with van der Waals surface area (Å²) >= 11 is 0. The lowest BCUT2D eigenvalue weighted by atomic mass is 10.2. The second-order valence-corrected chi connectivity index (χ2v) is 5.11. The van der Waals surface area contributed by atoms with Crippen LogP contribution in [0.1, 0.15) is 0 Å². The maximum atomic E-state index is 13.9. The number of nitrogens with zero attached hydrogens (tertiary/aromatic N) is 1. The van der Waals surface area contributed by atoms with Crippen molar-refractivity contribution in [2.75, 3.05) is 32.1 Å². The van der Waals surface area contributed by atoms with E-state index in [4.69, 9.17) is 5.11 Å². The molecular weight excluding hydrogens is 364 g/mol. The number of carbonyl (C=O) groups is 2. The Hall–Kier alpha value is -2.82. The Morgan fingerprint density at radius 3 is 2.65 bits per heavy atom. The monoisotopic (exact) mass is 378 g/mol. The maximum absolute atomic E-state index is 13.9. The lowest BCUT2D eigenvalue weighted by Gasteiger charge is -2.15. The number of methoxy groups -OCH3 is 1. The zero-order valence-corrected chi connectivity index (χ0v) is 13.4. The molecule has 0 atom stereocenters. The fraction of sp³-hybridized carbons (Fsp3) is 0.333. The second-order valence-electron chi connectivity index (χ2n) is 5.11. The zero-order chi connectivity index (χ0) is 19.5. The molecule has 0 unspecified atom stereocenters. The van der Waals surface area contributed by atoms with Crippen LogP contribution in [0.3, 0.4) is 0 Å². The molecule has 142 valence electrons. The number of carbonyl (C=O) groups excluding carboxylic acids is 2. The summed E-state index contributed by atoms with van der Waals surface area (Å²) in [6.45, 7) is -0.671. The minimum atomic E-state index is -4.98. The Labute approximate surface area is 144 Å². The number of aliphatic hydroxyl groups is 1. The number of aliphatic hydroxyl groups excluding tert-OH is 1. The topological polar surface area (TPSA) is 88.1 Å². The highest BCUT2D eigenvalue weighted by atomic mass is 19.4. The predicted octanol–water partition coefficient (Wildman–Crippen LogP) is 1.40. The fourth-order valence-corrected chi connectivity index (χ4v) is 2.28. The van der Waals surface area contributed by atoms with Crippen molar-refractivity contribution in [3.05, 3.63) is 35.3 Å². The number of ether oxygens (including phenoxy) is 2. The molecule has 0 bridgehead atoms. The first-order valence-corrected chi connectivity index (χ1v) is 7.20. The highest BCUT2D eigenvalue weighted by molar-refractivity contribution is 6.08. The summed E-state index contributed by atoms with van der Waals surface area (Å²) in [6.07, 6.45) is -4.98. The van der Waals surface area contributed by atoms with Crippen LogP contribution in [0.25, 0.3) is 0 Å². The molecule has 7 nitrogen and oxygen atoms in total. The zero-order valence-electron chi connectivity index (χ0n) is 13.4. The van der Waals surface area contributed by atoms with E-state index in [1.165, 1.54) is 0 Å². The Morgan fingerprint density at radius 1 is 1.38 bits per heavy atom. The van der Waals surface area contributed by atoms with Gasteiger partial charge in [0.1, 0.15) is 17.3 Å². The Bertz CT molecular complexity index is 748. The van der Waals surface area contributed by atoms with Crippen molar-refractivity contribution in [2.45, 2.75) is 6.36 Å². The molecule has 26 heavy (non-hydrogen) atoms. The minimum Gasteiger partial charge on any atom is -0.466 e. The van der Waals surface area contributed by atoms with Gasteiger partial charge in [0.05, 0.1) is 31.5 Å². The van der Waals surface area contributed by atoms with Crippen LogP contribution in [0.5, 0.6) is 5.75 Å². The quantitative estimate of drug-likeness (QED) is 0.575. The summed E-state index contributed by atoms with van der Waals surface area (Å²) < 4.78 is 59.1. The average molecular weight is 378 g/mol. The highest BCUT2D eigenvalue weighted by Crippen LogP contribution is 2.29. The van der Waals surface area contributed by atoms with Crippen molar-refractivity contribution in [3.63, 3.8) is 0 Å². The van der Waals surface area contributed by atoms with Crippen LogP contribution in [0.2, 0.25) is 0 Å². The molecule has 2 N–H and O–H groups in total. The Kier molecular flexibility index (Phi) is 5.70. The van der Waals surface area contributed by atoms with E-state index in [2.05, 4.69) is 14.8 Å². The van der Waals surface area contributed by atoms with Gasteiger partial charge in [-0.15, -0.1) is 13.2 Å². The van der Waals surface area contributed by atoms with Crippen LogP contribution >= 0.6 is 0 Å². The van der Waals surface area contributed by atoms with Gasteiger partial charge in [-0.2, -0.15) is 0 Å². The number of amides is 1. The molecule has 2 rings (SSSR count). The van der Waals surface area contributed by atoms with E-state index in [-0.39, 0.29) is 31.0 Å². The third-order valence-corrected chi connectivity index (χ3v) is 3.38. The van der Waals surface area contributed by atoms with Crippen LogP contribution in [-0.4, -0.2) is 55.1 Å². The largest absolute Gasteiger partial charge is 0.573 e. The number of anilines is 1. The van der Waals surface area contributed by atoms with Crippen molar-refractivity contribution in [1.82, 2.24) is 4.90 Å². The Morgan fingerprint density at radius 2 is 2.08 bits per heavy atom. The van der Waals surface area contributed by atoms with Gasteiger partial charge in [0.25, 0.3) is 5.91 Å². The summed E-state index contributed by atoms with van der Waals surface area (Å²) in [7, 11) is 1.07. The molecule has 0 saturated carbocycles. The van der Waals surface area contributed by atoms with Crippen molar-refractivity contribution >= 4 is 17.6 Å². The molecule has 0 aromatic heterocycles. The number of esters is 1. The summed E-state index contributed by atoms with van der Waals surface area (Å²) in [5, 5.41) is 11.3. The average Bonchev–Trinajstić information content (AvgIpc) is 2.86. The number of alkyl halides is 3. The molecule has 1 aromatic rings. The number of halogens is 4. The number of nitrogens with one attached hydrogen (secondary N) is 1. The van der Waals surface area contributed by atoms with Gasteiger partial charge in [-0.1, -0.05) is 0 Å². The number of hydrogen-bond donors (Lipinski definition) is 2. The van der Waals surface area contributed by atoms with E-state index < -0.39 is 35.5 Å². The fourth-order valence-electron chi connectivity index (χ4n) is 2.28. The van der Waals surface area contributed by atoms with Gasteiger partial charge in [0.2, 0.25) is 0 Å². The molecule has 1 aliphatic rings. The first kappa shape index (κ1) is 19.5. The van der Waals surface area contributed by atoms with Crippen molar-refractivity contribution < 1.29 is 41.7 Å². The third kappa shape index (κ3) is 4.42. The van der Waals surface area contributed by atoms with E-state index in [9.17, 15) is 27.2 Å². The minimum absolute atomic E-state index is 0.0930. The van der Waals surface area contributed by atoms with Gasteiger partial charge in [-0.25, -0.2) is 9.18 Å². The second kappa shape index (κ2) is 7.60. The van der Waals surface area contributed by atoms with Crippen molar-refractivity contribution in [2.24, 2.45) is 0 Å². The highest BCUT2D eigenvalue weighted by Gasteiger charge is 2.35. The third-order valence-electron chi connectivity index (χ3n) is 3.38. The first-order valence-electron chi connectivity index (χ1n) is 7.20. The van der Waals surface area contributed by atoms with Crippen LogP contribution in [0.15, 0.2) is 29.5 Å². The number of rotatable bonds is 6. The van der Waals surface area contributed by atoms with E-state index in [0.29, 0.717) is 12.1 Å². The lowest BCUT2D eigenvalue weighted by Crippen LogP contribution is -2.31. The van der Waals surface area contributed by atoms with Gasteiger partial charge in [-0.05, 0) is 12.1 Å². The number of benzene rings is 1. The molecule has 1 aromatic carbocycles. The van der Waals surface area contributed by atoms with E-state index in [1.807, 2.05) is 0 Å². The van der Waals surface area contributed by atoms with E-state index in [0.717, 1.165) is 18.1 Å². The molecule has 1 amide bonds. The molecule has 1 heterocycles. The van der Waals surface area contributed by atoms with Crippen LogP contribution in [-0.2, 0) is 14.3 Å². The maximum Gasteiger partial charge on any atom is 0.573 e. The van der Waals surface area contributed by atoms with Gasteiger partial charge in [0, 0.05) is 12.6 Å². The standard InChI is InChI=1S/C15H14F4N2O5/c1-25-14(24)9-7-21(4-5-22)13(23)12(9)20-11-6-8(2-3-10(11)16)26-15(17,18)19/h2-3,6,20,22H,4-5,7H2,1H3.